The van der Waals surface area contributed by atoms with Gasteiger partial charge in [0.1, 0.15) is 0 Å². The number of hydrogen-bond acceptors (Lipinski definition) is 3. The second kappa shape index (κ2) is 6.17. The van der Waals surface area contributed by atoms with Crippen LogP contribution in [0.3, 0.4) is 0 Å². The highest BCUT2D eigenvalue weighted by atomic mass is 16.7. The van der Waals surface area contributed by atoms with Crippen LogP contribution in [0.4, 0.5) is 0 Å². The van der Waals surface area contributed by atoms with Crippen molar-refractivity contribution in [3.05, 3.63) is 0 Å². The summed E-state index contributed by atoms with van der Waals surface area (Å²) in [7, 11) is 0. The highest BCUT2D eigenvalue weighted by Crippen LogP contribution is 2.59. The van der Waals surface area contributed by atoms with Crippen LogP contribution < -0.4 is 0 Å². The Morgan fingerprint density at radius 1 is 1.10 bits per heavy atom. The lowest BCUT2D eigenvalue weighted by atomic mass is 9.60. The van der Waals surface area contributed by atoms with Crippen molar-refractivity contribution in [2.24, 2.45) is 17.3 Å². The van der Waals surface area contributed by atoms with Crippen LogP contribution in [0.25, 0.3) is 0 Å². The van der Waals surface area contributed by atoms with E-state index in [4.69, 9.17) is 9.47 Å². The summed E-state index contributed by atoms with van der Waals surface area (Å²) in [6.45, 7) is 6.03. The van der Waals surface area contributed by atoms with Crippen molar-refractivity contribution in [2.75, 3.05) is 13.2 Å². The summed E-state index contributed by atoms with van der Waals surface area (Å²) in [5, 5.41) is 11.0. The molecule has 3 rings (SSSR count). The third kappa shape index (κ3) is 3.02. The van der Waals surface area contributed by atoms with Gasteiger partial charge < -0.3 is 14.6 Å². The standard InChI is InChI=1S/C18H32O3/c1-14-6-10-18(11-7-14)15(8-9-17(18,2)19)13-21-16-5-3-4-12-20-16/h14-16,19H,3-13H2,1-2H3. The molecule has 0 radical (unpaired) electrons. The van der Waals surface area contributed by atoms with Crippen LogP contribution in [0.1, 0.15) is 71.6 Å². The largest absolute Gasteiger partial charge is 0.390 e. The molecular weight excluding hydrogens is 264 g/mol. The summed E-state index contributed by atoms with van der Waals surface area (Å²) < 4.78 is 11.8. The molecule has 3 aliphatic rings. The molecule has 0 amide bonds. The van der Waals surface area contributed by atoms with Gasteiger partial charge in [-0.05, 0) is 63.7 Å². The zero-order valence-electron chi connectivity index (χ0n) is 13.8. The van der Waals surface area contributed by atoms with Crippen molar-refractivity contribution in [1.82, 2.24) is 0 Å². The normalized spacial score (nSPS) is 47.9. The van der Waals surface area contributed by atoms with E-state index >= 15 is 0 Å². The lowest BCUT2D eigenvalue weighted by molar-refractivity contribution is -0.183. The molecule has 1 heterocycles. The van der Waals surface area contributed by atoms with Crippen molar-refractivity contribution >= 4 is 0 Å². The van der Waals surface area contributed by atoms with Crippen LogP contribution in [0.2, 0.25) is 0 Å². The van der Waals surface area contributed by atoms with E-state index in [0.717, 1.165) is 38.4 Å². The molecule has 3 unspecified atom stereocenters. The van der Waals surface area contributed by atoms with Crippen LogP contribution in [-0.4, -0.2) is 30.2 Å². The topological polar surface area (TPSA) is 38.7 Å². The first-order valence-electron chi connectivity index (χ1n) is 8.99. The van der Waals surface area contributed by atoms with Crippen molar-refractivity contribution in [3.63, 3.8) is 0 Å². The van der Waals surface area contributed by atoms with Crippen molar-refractivity contribution in [2.45, 2.75) is 83.5 Å². The van der Waals surface area contributed by atoms with Crippen molar-refractivity contribution < 1.29 is 14.6 Å². The molecule has 1 spiro atoms. The fourth-order valence-electron chi connectivity index (χ4n) is 4.95. The second-order valence-corrected chi connectivity index (χ2v) is 7.98. The van der Waals surface area contributed by atoms with E-state index in [2.05, 4.69) is 13.8 Å². The maximum absolute atomic E-state index is 11.0. The molecule has 3 fully saturated rings. The SMILES string of the molecule is CC1CCC2(CC1)C(COC1CCCCO1)CCC2(C)O. The van der Waals surface area contributed by atoms with E-state index in [9.17, 15) is 5.11 Å². The fourth-order valence-corrected chi connectivity index (χ4v) is 4.95. The molecular formula is C18H32O3. The number of hydrogen-bond donors (Lipinski definition) is 1. The first kappa shape index (κ1) is 15.8. The molecule has 0 aromatic rings. The molecule has 2 saturated carbocycles. The van der Waals surface area contributed by atoms with E-state index in [1.54, 1.807) is 0 Å². The summed E-state index contributed by atoms with van der Waals surface area (Å²) in [6.07, 6.45) is 10.3. The molecule has 0 aromatic carbocycles. The van der Waals surface area contributed by atoms with Gasteiger partial charge in [-0.15, -0.1) is 0 Å². The van der Waals surface area contributed by atoms with Crippen LogP contribution >= 0.6 is 0 Å². The predicted octanol–water partition coefficient (Wildman–Crippen LogP) is 3.89. The van der Waals surface area contributed by atoms with Gasteiger partial charge in [0.25, 0.3) is 0 Å². The molecule has 1 saturated heterocycles. The maximum atomic E-state index is 11.0. The zero-order chi connectivity index (χ0) is 14.9. The van der Waals surface area contributed by atoms with Crippen molar-refractivity contribution in [1.29, 1.82) is 0 Å². The van der Waals surface area contributed by atoms with Gasteiger partial charge in [-0.25, -0.2) is 0 Å². The van der Waals surface area contributed by atoms with E-state index in [-0.39, 0.29) is 11.7 Å². The summed E-state index contributed by atoms with van der Waals surface area (Å²) in [4.78, 5) is 0. The van der Waals surface area contributed by atoms with E-state index in [1.165, 1.54) is 38.5 Å². The Kier molecular flexibility index (Phi) is 4.63. The predicted molar refractivity (Wildman–Crippen MR) is 83.0 cm³/mol. The van der Waals surface area contributed by atoms with Gasteiger partial charge >= 0.3 is 0 Å². The molecule has 3 heteroatoms. The van der Waals surface area contributed by atoms with Gasteiger partial charge in [0, 0.05) is 12.0 Å². The first-order valence-corrected chi connectivity index (χ1v) is 8.99. The van der Waals surface area contributed by atoms with Gasteiger partial charge in [0.2, 0.25) is 0 Å². The molecule has 3 nitrogen and oxygen atoms in total. The molecule has 0 bridgehead atoms. The Balaban J connectivity index is 1.63. The Morgan fingerprint density at radius 3 is 2.52 bits per heavy atom. The summed E-state index contributed by atoms with van der Waals surface area (Å²) in [6, 6.07) is 0. The number of aliphatic hydroxyl groups is 1. The lowest BCUT2D eigenvalue weighted by Crippen LogP contribution is -2.48. The highest BCUT2D eigenvalue weighted by Gasteiger charge is 2.57. The third-order valence-electron chi connectivity index (χ3n) is 6.62. The average Bonchev–Trinajstić information content (AvgIpc) is 2.73. The quantitative estimate of drug-likeness (QED) is 0.859. The van der Waals surface area contributed by atoms with Crippen molar-refractivity contribution in [3.8, 4) is 0 Å². The minimum atomic E-state index is -0.505. The van der Waals surface area contributed by atoms with Gasteiger partial charge in [0.15, 0.2) is 6.29 Å². The van der Waals surface area contributed by atoms with Crippen LogP contribution in [0.5, 0.6) is 0 Å². The molecule has 0 aromatic heterocycles. The average molecular weight is 296 g/mol. The van der Waals surface area contributed by atoms with Gasteiger partial charge in [-0.1, -0.05) is 19.8 Å². The third-order valence-corrected chi connectivity index (χ3v) is 6.62. The molecule has 2 aliphatic carbocycles. The van der Waals surface area contributed by atoms with E-state index in [1.807, 2.05) is 0 Å². The maximum Gasteiger partial charge on any atom is 0.157 e. The van der Waals surface area contributed by atoms with Crippen LogP contribution in [0.15, 0.2) is 0 Å². The highest BCUT2D eigenvalue weighted by molar-refractivity contribution is 5.07. The summed E-state index contributed by atoms with van der Waals surface area (Å²) in [5.41, 5.74) is -0.414. The van der Waals surface area contributed by atoms with Gasteiger partial charge in [-0.3, -0.25) is 0 Å². The second-order valence-electron chi connectivity index (χ2n) is 7.98. The Hall–Kier alpha value is -0.120. The molecule has 1 N–H and O–H groups in total. The minimum Gasteiger partial charge on any atom is -0.390 e. The number of rotatable bonds is 3. The first-order chi connectivity index (χ1) is 10.0. The summed E-state index contributed by atoms with van der Waals surface area (Å²) >= 11 is 0. The van der Waals surface area contributed by atoms with E-state index < -0.39 is 5.60 Å². The Bertz CT molecular complexity index is 338. The van der Waals surface area contributed by atoms with Crippen LogP contribution in [0, 0.1) is 17.3 Å². The Morgan fingerprint density at radius 2 is 1.86 bits per heavy atom. The van der Waals surface area contributed by atoms with Gasteiger partial charge in [-0.2, -0.15) is 0 Å². The Labute approximate surface area is 129 Å². The van der Waals surface area contributed by atoms with E-state index in [0.29, 0.717) is 5.92 Å². The molecule has 21 heavy (non-hydrogen) atoms. The zero-order valence-corrected chi connectivity index (χ0v) is 13.8. The molecule has 1 aliphatic heterocycles. The van der Waals surface area contributed by atoms with Crippen LogP contribution in [-0.2, 0) is 9.47 Å². The molecule has 3 atom stereocenters. The summed E-state index contributed by atoms with van der Waals surface area (Å²) in [5.74, 6) is 1.32. The monoisotopic (exact) mass is 296 g/mol. The smallest absolute Gasteiger partial charge is 0.157 e. The molecule has 122 valence electrons. The number of ether oxygens (including phenoxy) is 2. The lowest BCUT2D eigenvalue weighted by Gasteiger charge is -2.48. The minimum absolute atomic E-state index is 0.00358. The van der Waals surface area contributed by atoms with Gasteiger partial charge in [0.05, 0.1) is 12.2 Å². The fraction of sp³-hybridized carbons (Fsp3) is 1.00.